The molecule has 0 bridgehead atoms. The number of para-hydroxylation sites is 1. The lowest BCUT2D eigenvalue weighted by molar-refractivity contribution is 0.972. The van der Waals surface area contributed by atoms with Crippen LogP contribution in [0.5, 0.6) is 0 Å². The van der Waals surface area contributed by atoms with Crippen molar-refractivity contribution in [3.8, 4) is 0 Å². The molecule has 0 spiro atoms. The first-order valence-electron chi connectivity index (χ1n) is 5.94. The Bertz CT molecular complexity index is 638. The van der Waals surface area contributed by atoms with E-state index >= 15 is 0 Å². The molecule has 3 nitrogen and oxygen atoms in total. The highest BCUT2D eigenvalue weighted by Gasteiger charge is 2.03. The van der Waals surface area contributed by atoms with Gasteiger partial charge in [0.1, 0.15) is 5.01 Å². The highest BCUT2D eigenvalue weighted by molar-refractivity contribution is 9.09. The molecule has 0 N–H and O–H groups in total. The zero-order chi connectivity index (χ0) is 13.6. The van der Waals surface area contributed by atoms with Gasteiger partial charge in [-0.05, 0) is 34.1 Å². The molecule has 1 aromatic carbocycles. The third-order valence-corrected chi connectivity index (χ3v) is 7.68. The van der Waals surface area contributed by atoms with Crippen LogP contribution >= 0.6 is 42.8 Å². The lowest BCUT2D eigenvalue weighted by Crippen LogP contribution is -1.86. The van der Waals surface area contributed by atoms with Gasteiger partial charge in [0, 0.05) is 11.9 Å². The van der Waals surface area contributed by atoms with Crippen molar-refractivity contribution in [2.24, 2.45) is 0 Å². The van der Waals surface area contributed by atoms with E-state index < -0.39 is 0 Å². The van der Waals surface area contributed by atoms with Gasteiger partial charge in [-0.1, -0.05) is 33.7 Å². The number of hydrogen-bond donors (Lipinski definition) is 0. The number of thiazole rings is 1. The average Bonchev–Trinajstić information content (AvgIpc) is 2.90. The summed E-state index contributed by atoms with van der Waals surface area (Å²) in [5.41, 5.74) is 2.12. The quantitative estimate of drug-likeness (QED) is 0.474. The molecule has 20 heavy (non-hydrogen) atoms. The smallest absolute Gasteiger partial charge is 0.105 e. The number of rotatable bonds is 6. The number of hydrogen-bond acceptors (Lipinski definition) is 7. The Morgan fingerprint density at radius 1 is 1.00 bits per heavy atom. The molecule has 0 saturated heterocycles. The van der Waals surface area contributed by atoms with Crippen LogP contribution in [-0.2, 0) is 11.5 Å². The van der Waals surface area contributed by atoms with E-state index in [0.29, 0.717) is 0 Å². The van der Waals surface area contributed by atoms with Crippen LogP contribution in [0.3, 0.4) is 0 Å². The van der Waals surface area contributed by atoms with Crippen molar-refractivity contribution in [3.63, 3.8) is 0 Å². The molecule has 0 fully saturated rings. The Kier molecular flexibility index (Phi) is 5.18. The van der Waals surface area contributed by atoms with Crippen LogP contribution in [0, 0.1) is 0 Å². The topological polar surface area (TPSA) is 38.7 Å². The molecule has 2 aromatic heterocycles. The molecule has 0 unspecified atom stereocenters. The fourth-order valence-electron chi connectivity index (χ4n) is 1.58. The van der Waals surface area contributed by atoms with E-state index in [2.05, 4.69) is 33.4 Å². The van der Waals surface area contributed by atoms with Crippen LogP contribution in [0.1, 0.15) is 10.7 Å². The number of benzene rings is 1. The first-order chi connectivity index (χ1) is 9.92. The summed E-state index contributed by atoms with van der Waals surface area (Å²) in [5.74, 6) is 1.82. The minimum Gasteiger partial charge on any atom is -0.240 e. The first-order valence-corrected chi connectivity index (χ1v) is 10.6. The van der Waals surface area contributed by atoms with Crippen LogP contribution in [0.2, 0.25) is 0 Å². The van der Waals surface area contributed by atoms with Gasteiger partial charge in [-0.3, -0.25) is 0 Å². The number of nitrogens with zero attached hydrogens (tertiary/aromatic N) is 3. The van der Waals surface area contributed by atoms with E-state index in [9.17, 15) is 0 Å². The Morgan fingerprint density at radius 2 is 1.90 bits per heavy atom. The van der Waals surface area contributed by atoms with E-state index in [1.165, 1.54) is 9.71 Å². The van der Waals surface area contributed by atoms with Gasteiger partial charge in [-0.15, -0.1) is 11.3 Å². The molecule has 0 radical (unpaired) electrons. The third kappa shape index (κ3) is 3.88. The fourth-order valence-corrected chi connectivity index (χ4v) is 6.26. The van der Waals surface area contributed by atoms with E-state index in [-0.39, 0.29) is 0 Å². The van der Waals surface area contributed by atoms with E-state index in [1.54, 1.807) is 38.2 Å². The minimum atomic E-state index is 0.880. The monoisotopic (exact) mass is 337 g/mol. The zero-order valence-electron chi connectivity index (χ0n) is 10.4. The second-order valence-electron chi connectivity index (χ2n) is 3.88. The van der Waals surface area contributed by atoms with Crippen molar-refractivity contribution in [2.45, 2.75) is 11.5 Å². The molecule has 0 aliphatic heterocycles. The maximum atomic E-state index is 4.62. The largest absolute Gasteiger partial charge is 0.240 e. The van der Waals surface area contributed by atoms with Crippen molar-refractivity contribution in [1.29, 1.82) is 0 Å². The summed E-state index contributed by atoms with van der Waals surface area (Å²) in [6, 6.07) is 12.2. The molecule has 102 valence electrons. The predicted molar refractivity (Wildman–Crippen MR) is 91.8 cm³/mol. The van der Waals surface area contributed by atoms with Crippen LogP contribution in [0.15, 0.2) is 42.6 Å². The molecular weight excluding hydrogens is 326 g/mol. The van der Waals surface area contributed by atoms with Crippen LogP contribution < -0.4 is 0 Å². The summed E-state index contributed by atoms with van der Waals surface area (Å²) in [4.78, 5) is 4.62. The molecule has 0 aliphatic rings. The third-order valence-electron chi connectivity index (χ3n) is 2.45. The molecule has 2 heterocycles. The van der Waals surface area contributed by atoms with Crippen molar-refractivity contribution in [3.05, 3.63) is 53.3 Å². The normalized spacial score (nSPS) is 11.0. The molecule has 0 amide bonds. The van der Waals surface area contributed by atoms with Gasteiger partial charge < -0.3 is 0 Å². The van der Waals surface area contributed by atoms with Crippen LogP contribution in [-0.4, -0.2) is 15.2 Å². The van der Waals surface area contributed by atoms with Gasteiger partial charge in [-0.2, -0.15) is 10.2 Å². The standard InChI is InChI=1S/C13H11N3S4/c1-2-6-12-11(5-1)15-13(19-12)9-18-20-17-8-10-4-3-7-14-16-10/h1-7H,8-9H2. The summed E-state index contributed by atoms with van der Waals surface area (Å²) in [6.07, 6.45) is 1.70. The fraction of sp³-hybridized carbons (Fsp3) is 0.154. The summed E-state index contributed by atoms with van der Waals surface area (Å²) >= 11 is 1.77. The van der Waals surface area contributed by atoms with Crippen LogP contribution in [0.25, 0.3) is 10.2 Å². The van der Waals surface area contributed by atoms with Gasteiger partial charge in [0.2, 0.25) is 0 Å². The maximum absolute atomic E-state index is 4.62. The summed E-state index contributed by atoms with van der Waals surface area (Å²) in [7, 11) is 5.39. The molecule has 3 rings (SSSR count). The van der Waals surface area contributed by atoms with Crippen molar-refractivity contribution in [2.75, 3.05) is 0 Å². The van der Waals surface area contributed by atoms with Gasteiger partial charge in [0.05, 0.1) is 21.7 Å². The van der Waals surface area contributed by atoms with Crippen molar-refractivity contribution < 1.29 is 0 Å². The number of aromatic nitrogens is 3. The van der Waals surface area contributed by atoms with Gasteiger partial charge in [0.25, 0.3) is 0 Å². The van der Waals surface area contributed by atoms with Gasteiger partial charge in [-0.25, -0.2) is 4.98 Å². The van der Waals surface area contributed by atoms with Gasteiger partial charge in [0.15, 0.2) is 0 Å². The Labute approximate surface area is 132 Å². The zero-order valence-corrected chi connectivity index (χ0v) is 13.7. The predicted octanol–water partition coefficient (Wildman–Crippen LogP) is 4.82. The highest BCUT2D eigenvalue weighted by atomic mass is 33.5. The molecular formula is C13H11N3S4. The highest BCUT2D eigenvalue weighted by Crippen LogP contribution is 2.39. The average molecular weight is 338 g/mol. The lowest BCUT2D eigenvalue weighted by atomic mass is 10.3. The Hall–Kier alpha value is -0.760. The SMILES string of the molecule is c1cnnc(CSSSCc2nc3ccccc3s2)c1. The lowest BCUT2D eigenvalue weighted by Gasteiger charge is -1.98. The Morgan fingerprint density at radius 3 is 2.75 bits per heavy atom. The molecule has 3 aromatic rings. The summed E-state index contributed by atoms with van der Waals surface area (Å²) in [5, 5.41) is 9.11. The summed E-state index contributed by atoms with van der Waals surface area (Å²) in [6.45, 7) is 0. The molecule has 0 atom stereocenters. The van der Waals surface area contributed by atoms with E-state index in [0.717, 1.165) is 22.7 Å². The summed E-state index contributed by atoms with van der Waals surface area (Å²) < 4.78 is 1.26. The van der Waals surface area contributed by atoms with Crippen molar-refractivity contribution in [1.82, 2.24) is 15.2 Å². The second kappa shape index (κ2) is 7.31. The van der Waals surface area contributed by atoms with Gasteiger partial charge >= 0.3 is 0 Å². The van der Waals surface area contributed by atoms with Crippen LogP contribution in [0.4, 0.5) is 0 Å². The van der Waals surface area contributed by atoms with E-state index in [4.69, 9.17) is 0 Å². The Balaban J connectivity index is 1.43. The maximum Gasteiger partial charge on any atom is 0.105 e. The van der Waals surface area contributed by atoms with E-state index in [1.807, 2.05) is 29.0 Å². The molecule has 0 saturated carbocycles. The molecule has 7 heteroatoms. The second-order valence-corrected chi connectivity index (χ2v) is 9.23. The number of fused-ring (bicyclic) bond motifs is 1. The van der Waals surface area contributed by atoms with Crippen molar-refractivity contribution >= 4 is 53.0 Å². The first kappa shape index (κ1) is 14.2. The minimum absolute atomic E-state index is 0.880. The molecule has 0 aliphatic carbocycles.